The van der Waals surface area contributed by atoms with Gasteiger partial charge in [0.05, 0.1) is 13.2 Å². The summed E-state index contributed by atoms with van der Waals surface area (Å²) in [5.41, 5.74) is 8.11. The number of carbonyl (C=O) groups is 1. The standard InChI is InChI=1S/C18H27N3O2.2ClH/c19-16-3-1-2-15(12-16)18(22)20-17-6-4-14(5-7-17)13-21-8-10-23-11-9-21;;/h4-7,15-16H,1-3,8-13,19H2,(H,20,22);2*1H. The van der Waals surface area contributed by atoms with Gasteiger partial charge in [-0.1, -0.05) is 18.6 Å². The van der Waals surface area contributed by atoms with Crippen LogP contribution in [0.4, 0.5) is 5.69 Å². The van der Waals surface area contributed by atoms with Crippen molar-refractivity contribution in [3.63, 3.8) is 0 Å². The predicted octanol–water partition coefficient (Wildman–Crippen LogP) is 2.82. The van der Waals surface area contributed by atoms with Crippen LogP contribution in [0.2, 0.25) is 0 Å². The van der Waals surface area contributed by atoms with Crippen LogP contribution in [0.1, 0.15) is 31.2 Å². The second kappa shape index (κ2) is 11.0. The Hall–Kier alpha value is -0.850. The summed E-state index contributed by atoms with van der Waals surface area (Å²) in [4.78, 5) is 14.7. The topological polar surface area (TPSA) is 67.6 Å². The molecule has 142 valence electrons. The van der Waals surface area contributed by atoms with Crippen molar-refractivity contribution in [2.45, 2.75) is 38.3 Å². The van der Waals surface area contributed by atoms with E-state index in [4.69, 9.17) is 10.5 Å². The minimum absolute atomic E-state index is 0. The smallest absolute Gasteiger partial charge is 0.227 e. The highest BCUT2D eigenvalue weighted by atomic mass is 35.5. The summed E-state index contributed by atoms with van der Waals surface area (Å²) in [6.07, 6.45) is 3.85. The van der Waals surface area contributed by atoms with Gasteiger partial charge in [-0.2, -0.15) is 0 Å². The molecule has 5 nitrogen and oxygen atoms in total. The van der Waals surface area contributed by atoms with Gasteiger partial charge in [0.25, 0.3) is 0 Å². The molecule has 2 atom stereocenters. The number of nitrogens with one attached hydrogen (secondary N) is 1. The first kappa shape index (κ1) is 22.2. The first-order valence-corrected chi connectivity index (χ1v) is 8.66. The number of morpholine rings is 1. The van der Waals surface area contributed by atoms with Crippen molar-refractivity contribution in [1.29, 1.82) is 0 Å². The highest BCUT2D eigenvalue weighted by molar-refractivity contribution is 5.92. The number of carbonyl (C=O) groups excluding carboxylic acids is 1. The molecule has 0 aromatic heterocycles. The molecule has 7 heteroatoms. The normalized spacial score (nSPS) is 23.9. The Kier molecular flexibility index (Phi) is 9.75. The first-order chi connectivity index (χ1) is 11.2. The lowest BCUT2D eigenvalue weighted by molar-refractivity contribution is -0.120. The molecule has 0 radical (unpaired) electrons. The molecule has 2 unspecified atom stereocenters. The number of hydrogen-bond acceptors (Lipinski definition) is 4. The van der Waals surface area contributed by atoms with Gasteiger partial charge < -0.3 is 15.8 Å². The highest BCUT2D eigenvalue weighted by Crippen LogP contribution is 2.24. The summed E-state index contributed by atoms with van der Waals surface area (Å²) in [7, 11) is 0. The highest BCUT2D eigenvalue weighted by Gasteiger charge is 2.25. The number of anilines is 1. The van der Waals surface area contributed by atoms with Crippen LogP contribution in [0.25, 0.3) is 0 Å². The first-order valence-electron chi connectivity index (χ1n) is 8.66. The molecule has 1 aliphatic carbocycles. The Labute approximate surface area is 162 Å². The fourth-order valence-electron chi connectivity index (χ4n) is 3.42. The molecule has 25 heavy (non-hydrogen) atoms. The van der Waals surface area contributed by atoms with Gasteiger partial charge in [0, 0.05) is 37.3 Å². The molecular weight excluding hydrogens is 361 g/mol. The summed E-state index contributed by atoms with van der Waals surface area (Å²) in [6, 6.07) is 8.36. The van der Waals surface area contributed by atoms with Gasteiger partial charge >= 0.3 is 0 Å². The van der Waals surface area contributed by atoms with Crippen molar-refractivity contribution in [2.24, 2.45) is 11.7 Å². The average Bonchev–Trinajstić information content (AvgIpc) is 2.57. The lowest BCUT2D eigenvalue weighted by atomic mass is 9.85. The Morgan fingerprint density at radius 1 is 1.16 bits per heavy atom. The fourth-order valence-corrected chi connectivity index (χ4v) is 3.42. The molecular formula is C18H29Cl2N3O2. The number of benzene rings is 1. The second-order valence-corrected chi connectivity index (χ2v) is 6.70. The third kappa shape index (κ3) is 6.76. The van der Waals surface area contributed by atoms with Crippen LogP contribution < -0.4 is 11.1 Å². The molecule has 3 rings (SSSR count). The van der Waals surface area contributed by atoms with Gasteiger partial charge in [-0.25, -0.2) is 0 Å². The molecule has 1 aromatic carbocycles. The van der Waals surface area contributed by atoms with E-state index in [-0.39, 0.29) is 42.7 Å². The number of nitrogens with two attached hydrogens (primary N) is 1. The van der Waals surface area contributed by atoms with Crippen LogP contribution in [0, 0.1) is 5.92 Å². The quantitative estimate of drug-likeness (QED) is 0.830. The van der Waals surface area contributed by atoms with Gasteiger partial charge in [-0.3, -0.25) is 9.69 Å². The Balaban J connectivity index is 0.00000156. The average molecular weight is 390 g/mol. The van der Waals surface area contributed by atoms with Gasteiger partial charge in [0.15, 0.2) is 0 Å². The molecule has 1 aliphatic heterocycles. The molecule has 1 aromatic rings. The van der Waals surface area contributed by atoms with Crippen molar-refractivity contribution in [1.82, 2.24) is 4.90 Å². The molecule has 0 spiro atoms. The number of amides is 1. The van der Waals surface area contributed by atoms with Crippen LogP contribution in [-0.2, 0) is 16.1 Å². The van der Waals surface area contributed by atoms with Gasteiger partial charge in [0.1, 0.15) is 0 Å². The minimum atomic E-state index is 0. The van der Waals surface area contributed by atoms with E-state index >= 15 is 0 Å². The van der Waals surface area contributed by atoms with Crippen molar-refractivity contribution in [3.05, 3.63) is 29.8 Å². The number of ether oxygens (including phenoxy) is 1. The van der Waals surface area contributed by atoms with Crippen LogP contribution in [0.3, 0.4) is 0 Å². The molecule has 1 saturated heterocycles. The maximum atomic E-state index is 12.3. The fraction of sp³-hybridized carbons (Fsp3) is 0.611. The molecule has 1 saturated carbocycles. The van der Waals surface area contributed by atoms with E-state index in [2.05, 4.69) is 22.3 Å². The van der Waals surface area contributed by atoms with Crippen LogP contribution in [0.5, 0.6) is 0 Å². The summed E-state index contributed by atoms with van der Waals surface area (Å²) in [5, 5.41) is 3.03. The summed E-state index contributed by atoms with van der Waals surface area (Å²) >= 11 is 0. The third-order valence-corrected chi connectivity index (χ3v) is 4.82. The molecule has 3 N–H and O–H groups in total. The largest absolute Gasteiger partial charge is 0.379 e. The lowest BCUT2D eigenvalue weighted by Crippen LogP contribution is -2.35. The van der Waals surface area contributed by atoms with E-state index in [9.17, 15) is 4.79 Å². The maximum absolute atomic E-state index is 12.3. The summed E-state index contributed by atoms with van der Waals surface area (Å²) < 4.78 is 5.37. The molecule has 2 fully saturated rings. The second-order valence-electron chi connectivity index (χ2n) is 6.70. The third-order valence-electron chi connectivity index (χ3n) is 4.82. The molecule has 2 aliphatic rings. The van der Waals surface area contributed by atoms with Crippen LogP contribution >= 0.6 is 24.8 Å². The Morgan fingerprint density at radius 2 is 1.84 bits per heavy atom. The van der Waals surface area contributed by atoms with Crippen molar-refractivity contribution in [2.75, 3.05) is 31.6 Å². The minimum Gasteiger partial charge on any atom is -0.379 e. The van der Waals surface area contributed by atoms with Crippen LogP contribution in [0.15, 0.2) is 24.3 Å². The Bertz CT molecular complexity index is 522. The zero-order chi connectivity index (χ0) is 16.1. The van der Waals surface area contributed by atoms with E-state index in [0.29, 0.717) is 0 Å². The van der Waals surface area contributed by atoms with Gasteiger partial charge in [-0.05, 0) is 37.0 Å². The van der Waals surface area contributed by atoms with Gasteiger partial charge in [0.2, 0.25) is 5.91 Å². The van der Waals surface area contributed by atoms with E-state index in [1.165, 1.54) is 5.56 Å². The Morgan fingerprint density at radius 3 is 2.48 bits per heavy atom. The number of halogens is 2. The van der Waals surface area contributed by atoms with Crippen molar-refractivity contribution < 1.29 is 9.53 Å². The van der Waals surface area contributed by atoms with E-state index in [0.717, 1.165) is 64.2 Å². The molecule has 1 amide bonds. The van der Waals surface area contributed by atoms with E-state index < -0.39 is 0 Å². The zero-order valence-electron chi connectivity index (χ0n) is 14.5. The number of rotatable bonds is 4. The van der Waals surface area contributed by atoms with E-state index in [1.807, 2.05) is 12.1 Å². The number of hydrogen-bond donors (Lipinski definition) is 2. The summed E-state index contributed by atoms with van der Waals surface area (Å²) in [6.45, 7) is 4.55. The van der Waals surface area contributed by atoms with Gasteiger partial charge in [-0.15, -0.1) is 24.8 Å². The van der Waals surface area contributed by atoms with Crippen LogP contribution in [-0.4, -0.2) is 43.2 Å². The van der Waals surface area contributed by atoms with E-state index in [1.54, 1.807) is 0 Å². The SMILES string of the molecule is Cl.Cl.NC1CCCC(C(=O)Nc2ccc(CN3CCOCC3)cc2)C1. The van der Waals surface area contributed by atoms with Crippen molar-refractivity contribution in [3.8, 4) is 0 Å². The number of nitrogens with zero attached hydrogens (tertiary/aromatic N) is 1. The monoisotopic (exact) mass is 389 g/mol. The lowest BCUT2D eigenvalue weighted by Gasteiger charge is -2.27. The van der Waals surface area contributed by atoms with Crippen molar-refractivity contribution >= 4 is 36.4 Å². The molecule has 1 heterocycles. The predicted molar refractivity (Wildman–Crippen MR) is 106 cm³/mol. The zero-order valence-corrected chi connectivity index (χ0v) is 16.1. The summed E-state index contributed by atoms with van der Waals surface area (Å²) in [5.74, 6) is 0.174. The maximum Gasteiger partial charge on any atom is 0.227 e. The molecule has 0 bridgehead atoms.